The van der Waals surface area contributed by atoms with E-state index in [0.29, 0.717) is 12.4 Å². The number of nitrogens with zero attached hydrogens (tertiary/aromatic N) is 2. The number of hydrogen-bond acceptors (Lipinski definition) is 8. The van der Waals surface area contributed by atoms with Gasteiger partial charge >= 0.3 is 12.1 Å². The van der Waals surface area contributed by atoms with Crippen LogP contribution in [-0.2, 0) is 23.2 Å². The number of carbonyl (C=O) groups excluding carboxylic acids is 2. The van der Waals surface area contributed by atoms with E-state index >= 15 is 0 Å². The van der Waals surface area contributed by atoms with Gasteiger partial charge in [0.2, 0.25) is 5.88 Å². The molecule has 9 nitrogen and oxygen atoms in total. The van der Waals surface area contributed by atoms with Gasteiger partial charge < -0.3 is 25.8 Å². The number of benzene rings is 1. The molecule has 5 rings (SSSR count). The maximum atomic E-state index is 11.3. The molecule has 0 spiro atoms. The van der Waals surface area contributed by atoms with E-state index < -0.39 is 17.7 Å². The van der Waals surface area contributed by atoms with Crippen molar-refractivity contribution in [1.82, 2.24) is 15.3 Å². The van der Waals surface area contributed by atoms with Gasteiger partial charge in [0.1, 0.15) is 5.01 Å². The van der Waals surface area contributed by atoms with Gasteiger partial charge in [0, 0.05) is 17.8 Å². The second-order valence-corrected chi connectivity index (χ2v) is 9.85. The van der Waals surface area contributed by atoms with E-state index in [1.165, 1.54) is 22.5 Å². The number of aromatic nitrogens is 2. The first-order valence-electron chi connectivity index (χ1n) is 10.6. The van der Waals surface area contributed by atoms with Gasteiger partial charge in [-0.1, -0.05) is 12.1 Å². The van der Waals surface area contributed by atoms with E-state index in [0.717, 1.165) is 45.3 Å². The van der Waals surface area contributed by atoms with Crippen molar-refractivity contribution in [2.45, 2.75) is 36.0 Å². The smallest absolute Gasteiger partial charge is 0.408 e. The Morgan fingerprint density at radius 3 is 2.79 bits per heavy atom. The number of alkyl carbamates (subject to hydrolysis) is 1. The number of ether oxygens (including phenoxy) is 2. The molecule has 1 fully saturated rings. The van der Waals surface area contributed by atoms with Gasteiger partial charge in [0.05, 0.1) is 29.7 Å². The molecule has 1 unspecified atom stereocenters. The number of primary amides is 1. The molecule has 0 radical (unpaired) electrons. The average Bonchev–Trinajstić information content (AvgIpc) is 3.55. The van der Waals surface area contributed by atoms with Crippen LogP contribution in [0.4, 0.5) is 15.3 Å². The lowest BCUT2D eigenvalue weighted by Gasteiger charge is -2.17. The van der Waals surface area contributed by atoms with Crippen molar-refractivity contribution in [1.29, 1.82) is 0 Å². The number of hydrogen-bond donors (Lipinski definition) is 4. The van der Waals surface area contributed by atoms with Crippen LogP contribution in [0, 0.1) is 0 Å². The van der Waals surface area contributed by atoms with Crippen LogP contribution in [0.1, 0.15) is 29.5 Å². The normalized spacial score (nSPS) is 18.3. The summed E-state index contributed by atoms with van der Waals surface area (Å²) in [7, 11) is 1.58. The molecule has 3 heterocycles. The zero-order valence-electron chi connectivity index (χ0n) is 18.8. The monoisotopic (exact) mass is 499 g/mol. The summed E-state index contributed by atoms with van der Waals surface area (Å²) >= 11 is 5.57. The highest BCUT2D eigenvalue weighted by molar-refractivity contribution is 7.82. The van der Waals surface area contributed by atoms with Gasteiger partial charge in [-0.3, -0.25) is 0 Å². The molecular formula is C23H25N5O4S2. The van der Waals surface area contributed by atoms with E-state index in [-0.39, 0.29) is 0 Å². The number of rotatable bonds is 4. The third-order valence-corrected chi connectivity index (χ3v) is 7.05. The van der Waals surface area contributed by atoms with Gasteiger partial charge in [-0.25, -0.2) is 19.6 Å². The summed E-state index contributed by atoms with van der Waals surface area (Å²) in [5, 5.41) is 6.16. The van der Waals surface area contributed by atoms with Gasteiger partial charge in [-0.2, -0.15) is 0 Å². The molecule has 3 amide bonds. The lowest BCUT2D eigenvalue weighted by Crippen LogP contribution is -2.25. The van der Waals surface area contributed by atoms with Crippen LogP contribution in [-0.4, -0.2) is 35.7 Å². The number of thiazole rings is 1. The number of anilines is 1. The first-order chi connectivity index (χ1) is 16.3. The van der Waals surface area contributed by atoms with Crippen LogP contribution in [0.2, 0.25) is 0 Å². The largest absolute Gasteiger partial charge is 0.481 e. The zero-order chi connectivity index (χ0) is 24.3. The topological polar surface area (TPSA) is 128 Å². The number of amides is 3. The van der Waals surface area contributed by atoms with Crippen LogP contribution in [0.15, 0.2) is 40.9 Å². The summed E-state index contributed by atoms with van der Waals surface area (Å²) in [4.78, 5) is 30.5. The summed E-state index contributed by atoms with van der Waals surface area (Å²) in [6.07, 6.45) is 6.06. The highest BCUT2D eigenvalue weighted by Crippen LogP contribution is 2.38. The Labute approximate surface area is 206 Å². The second kappa shape index (κ2) is 9.90. The Bertz CT molecular complexity index is 1230. The number of nitrogens with one attached hydrogen (secondary N) is 2. The number of nitrogens with two attached hydrogens (primary N) is 1. The Balaban J connectivity index is 0.000000180. The minimum absolute atomic E-state index is 0.390. The fraction of sp³-hybridized carbons (Fsp3) is 0.304. The summed E-state index contributed by atoms with van der Waals surface area (Å²) < 4.78 is 11.1. The van der Waals surface area contributed by atoms with Crippen molar-refractivity contribution in [3.8, 4) is 17.0 Å². The van der Waals surface area contributed by atoms with Gasteiger partial charge in [0.25, 0.3) is 0 Å². The van der Waals surface area contributed by atoms with Crippen LogP contribution < -0.4 is 21.1 Å². The lowest BCUT2D eigenvalue weighted by atomic mass is 9.98. The van der Waals surface area contributed by atoms with Gasteiger partial charge in [0.15, 0.2) is 5.60 Å². The molecule has 4 N–H and O–H groups in total. The molecule has 1 aliphatic carbocycles. The summed E-state index contributed by atoms with van der Waals surface area (Å²) in [6.45, 7) is 2.30. The van der Waals surface area contributed by atoms with E-state index in [1.807, 2.05) is 25.1 Å². The van der Waals surface area contributed by atoms with Crippen LogP contribution in [0.5, 0.6) is 5.88 Å². The Morgan fingerprint density at radius 1 is 1.32 bits per heavy atom. The van der Waals surface area contributed by atoms with Crippen molar-refractivity contribution in [3.05, 3.63) is 52.8 Å². The van der Waals surface area contributed by atoms with Gasteiger partial charge in [-0.05, 0) is 48.9 Å². The van der Waals surface area contributed by atoms with E-state index in [4.69, 9.17) is 15.2 Å². The standard InChI is InChI=1S/C16H17N3O2.C7H8N2O2S2/c1-21-14-9-11(7-8-18-14)13-6-5-10-3-2-4-12(10)15(13)19-16(17)20;1-7(3-9-6(10)11-7)5-8-2-4(12)13-5/h5-9H,2-4H2,1H3,(H3,17,19,20);2,12H,3H2,1H3,(H,9,10). The van der Waals surface area contributed by atoms with E-state index in [1.54, 1.807) is 19.5 Å². The predicted octanol–water partition coefficient (Wildman–Crippen LogP) is 4.12. The van der Waals surface area contributed by atoms with Crippen LogP contribution in [0.25, 0.3) is 11.1 Å². The summed E-state index contributed by atoms with van der Waals surface area (Å²) in [6, 6.07) is 7.34. The molecule has 2 aliphatic rings. The Hall–Kier alpha value is -3.31. The van der Waals surface area contributed by atoms with Crippen molar-refractivity contribution in [2.75, 3.05) is 19.0 Å². The molecule has 0 saturated carbocycles. The molecule has 34 heavy (non-hydrogen) atoms. The molecule has 1 atom stereocenters. The minimum Gasteiger partial charge on any atom is -0.481 e. The molecule has 0 bridgehead atoms. The quantitative estimate of drug-likeness (QED) is 0.400. The number of thiol groups is 1. The van der Waals surface area contributed by atoms with E-state index in [9.17, 15) is 9.59 Å². The number of fused-ring (bicyclic) bond motifs is 1. The highest BCUT2D eigenvalue weighted by atomic mass is 32.2. The van der Waals surface area contributed by atoms with Crippen molar-refractivity contribution < 1.29 is 19.1 Å². The highest BCUT2D eigenvalue weighted by Gasteiger charge is 2.39. The molecule has 1 saturated heterocycles. The van der Waals surface area contributed by atoms with Crippen molar-refractivity contribution in [3.63, 3.8) is 0 Å². The van der Waals surface area contributed by atoms with Crippen LogP contribution in [0.3, 0.4) is 0 Å². The molecule has 11 heteroatoms. The average molecular weight is 500 g/mol. The summed E-state index contributed by atoms with van der Waals surface area (Å²) in [5.74, 6) is 0.540. The minimum atomic E-state index is -0.622. The second-order valence-electron chi connectivity index (χ2n) is 8.03. The van der Waals surface area contributed by atoms with E-state index in [2.05, 4.69) is 39.3 Å². The van der Waals surface area contributed by atoms with Crippen molar-refractivity contribution in [2.24, 2.45) is 5.73 Å². The van der Waals surface area contributed by atoms with Crippen LogP contribution >= 0.6 is 24.0 Å². The van der Waals surface area contributed by atoms with Crippen molar-refractivity contribution >= 4 is 41.8 Å². The zero-order valence-corrected chi connectivity index (χ0v) is 20.5. The molecule has 2 aromatic heterocycles. The summed E-state index contributed by atoms with van der Waals surface area (Å²) in [5.41, 5.74) is 9.87. The molecule has 3 aromatic rings. The van der Waals surface area contributed by atoms with Gasteiger partial charge in [-0.15, -0.1) is 24.0 Å². The number of aryl methyl sites for hydroxylation is 1. The number of carbonyl (C=O) groups is 2. The number of urea groups is 1. The first-order valence-corrected chi connectivity index (χ1v) is 11.9. The third kappa shape index (κ3) is 5.10. The maximum absolute atomic E-state index is 11.3. The predicted molar refractivity (Wildman–Crippen MR) is 133 cm³/mol. The lowest BCUT2D eigenvalue weighted by molar-refractivity contribution is 0.0702. The fourth-order valence-electron chi connectivity index (χ4n) is 4.01. The third-order valence-electron chi connectivity index (χ3n) is 5.62. The molecule has 1 aliphatic heterocycles. The number of cyclic esters (lactones) is 1. The Kier molecular flexibility index (Phi) is 6.94. The molecule has 178 valence electrons. The first kappa shape index (κ1) is 23.8. The number of pyridine rings is 1. The fourth-order valence-corrected chi connectivity index (χ4v) is 5.06. The SMILES string of the molecule is CC1(c2ncc(S)s2)CNC(=O)O1.COc1cc(-c2ccc3c(c2NC(N)=O)CCC3)ccn1. The Morgan fingerprint density at radius 2 is 2.15 bits per heavy atom. The molecular weight excluding hydrogens is 474 g/mol. The molecule has 1 aromatic carbocycles. The number of methoxy groups -OCH3 is 1. The maximum Gasteiger partial charge on any atom is 0.408 e.